The van der Waals surface area contributed by atoms with E-state index >= 15 is 0 Å². The molecule has 1 amide bonds. The maximum Gasteiger partial charge on any atom is 0.411 e. The van der Waals surface area contributed by atoms with Crippen LogP contribution in [0.25, 0.3) is 11.1 Å². The van der Waals surface area contributed by atoms with Crippen LogP contribution in [0.3, 0.4) is 0 Å². The molecule has 0 radical (unpaired) electrons. The molecule has 1 heterocycles. The van der Waals surface area contributed by atoms with Crippen molar-refractivity contribution >= 4 is 6.09 Å². The van der Waals surface area contributed by atoms with Crippen molar-refractivity contribution in [2.45, 2.75) is 24.4 Å². The average molecular weight is 381 g/mol. The summed E-state index contributed by atoms with van der Waals surface area (Å²) in [6, 6.07) is 28.9. The molecule has 29 heavy (non-hydrogen) atoms. The monoisotopic (exact) mass is 381 g/mol. The molecule has 3 nitrogen and oxygen atoms in total. The van der Waals surface area contributed by atoms with Gasteiger partial charge in [0.05, 0.1) is 11.6 Å². The predicted octanol–water partition coefficient (Wildman–Crippen LogP) is 5.79. The van der Waals surface area contributed by atoms with Gasteiger partial charge in [0.25, 0.3) is 0 Å². The number of rotatable bonds is 5. The Labute approximate surface area is 171 Å². The highest BCUT2D eigenvalue weighted by Gasteiger charge is 2.59. The van der Waals surface area contributed by atoms with Crippen molar-refractivity contribution in [3.63, 3.8) is 0 Å². The van der Waals surface area contributed by atoms with Crippen LogP contribution in [0.2, 0.25) is 0 Å². The number of carbonyl (C=O) groups excluding carboxylic acids is 1. The van der Waals surface area contributed by atoms with Crippen LogP contribution in [0.1, 0.15) is 23.6 Å². The summed E-state index contributed by atoms with van der Waals surface area (Å²) in [4.78, 5) is 14.7. The summed E-state index contributed by atoms with van der Waals surface area (Å²) in [7, 11) is 0. The van der Waals surface area contributed by atoms with E-state index in [4.69, 9.17) is 4.74 Å². The van der Waals surface area contributed by atoms with E-state index in [9.17, 15) is 4.79 Å². The lowest BCUT2D eigenvalue weighted by Gasteiger charge is -2.31. The molecule has 0 spiro atoms. The van der Waals surface area contributed by atoms with Crippen molar-refractivity contribution in [1.29, 1.82) is 0 Å². The summed E-state index contributed by atoms with van der Waals surface area (Å²) < 4.78 is 5.51. The first kappa shape index (κ1) is 17.7. The van der Waals surface area contributed by atoms with Crippen LogP contribution < -0.4 is 0 Å². The molecule has 0 unspecified atom stereocenters. The summed E-state index contributed by atoms with van der Waals surface area (Å²) in [5.74, 6) is 0. The number of cyclic esters (lactones) is 1. The molecule has 2 aliphatic rings. The van der Waals surface area contributed by atoms with Gasteiger partial charge in [0.2, 0.25) is 0 Å². The molecular formula is C26H23NO2. The number of amides is 1. The lowest BCUT2D eigenvalue weighted by atomic mass is 9.92. The molecule has 1 saturated carbocycles. The van der Waals surface area contributed by atoms with Gasteiger partial charge in [-0.25, -0.2) is 4.79 Å². The molecule has 3 aromatic rings. The van der Waals surface area contributed by atoms with Crippen molar-refractivity contribution in [2.75, 3.05) is 6.61 Å². The van der Waals surface area contributed by atoms with Gasteiger partial charge in [-0.2, -0.15) is 0 Å². The topological polar surface area (TPSA) is 29.5 Å². The number of ether oxygens (including phenoxy) is 1. The molecule has 0 aromatic heterocycles. The zero-order chi connectivity index (χ0) is 19.8. The van der Waals surface area contributed by atoms with Crippen molar-refractivity contribution in [1.82, 2.24) is 4.90 Å². The van der Waals surface area contributed by atoms with E-state index in [2.05, 4.69) is 67.2 Å². The summed E-state index contributed by atoms with van der Waals surface area (Å²) in [5.41, 5.74) is 5.45. The summed E-state index contributed by atoms with van der Waals surface area (Å²) in [6.45, 7) is 4.66. The van der Waals surface area contributed by atoms with Gasteiger partial charge >= 0.3 is 6.09 Å². The third-order valence-corrected chi connectivity index (χ3v) is 6.14. The van der Waals surface area contributed by atoms with Gasteiger partial charge in [0.15, 0.2) is 0 Å². The third-order valence-electron chi connectivity index (χ3n) is 6.14. The maximum absolute atomic E-state index is 12.8. The van der Waals surface area contributed by atoms with E-state index < -0.39 is 0 Å². The fraction of sp³-hybridized carbons (Fsp3) is 0.192. The highest BCUT2D eigenvalue weighted by molar-refractivity contribution is 5.75. The third kappa shape index (κ3) is 3.03. The number of benzene rings is 3. The van der Waals surface area contributed by atoms with Gasteiger partial charge in [-0.05, 0) is 34.2 Å². The highest BCUT2D eigenvalue weighted by Crippen LogP contribution is 2.54. The Balaban J connectivity index is 1.53. The van der Waals surface area contributed by atoms with E-state index in [0.717, 1.165) is 24.0 Å². The summed E-state index contributed by atoms with van der Waals surface area (Å²) >= 11 is 0. The number of hydrogen-bond acceptors (Lipinski definition) is 2. The first-order valence-corrected chi connectivity index (χ1v) is 10.0. The van der Waals surface area contributed by atoms with Gasteiger partial charge in [-0.1, -0.05) is 91.5 Å². The molecular weight excluding hydrogens is 358 g/mol. The fourth-order valence-corrected chi connectivity index (χ4v) is 4.54. The van der Waals surface area contributed by atoms with Crippen LogP contribution in [-0.4, -0.2) is 23.1 Å². The first-order chi connectivity index (χ1) is 14.2. The summed E-state index contributed by atoms with van der Waals surface area (Å²) in [6.07, 6.45) is 1.32. The van der Waals surface area contributed by atoms with E-state index in [1.165, 1.54) is 16.7 Å². The molecule has 0 bridgehead atoms. The molecule has 3 aromatic carbocycles. The molecule has 2 fully saturated rings. The Hall–Kier alpha value is -3.33. The zero-order valence-electron chi connectivity index (χ0n) is 16.3. The number of hydrogen-bond donors (Lipinski definition) is 0. The predicted molar refractivity (Wildman–Crippen MR) is 114 cm³/mol. The summed E-state index contributed by atoms with van der Waals surface area (Å²) in [5, 5.41) is 0. The Kier molecular flexibility index (Phi) is 4.24. The Morgan fingerprint density at radius 3 is 2.24 bits per heavy atom. The Morgan fingerprint density at radius 1 is 0.931 bits per heavy atom. The Morgan fingerprint density at radius 2 is 1.55 bits per heavy atom. The van der Waals surface area contributed by atoms with Crippen molar-refractivity contribution in [3.05, 3.63) is 108 Å². The van der Waals surface area contributed by atoms with Gasteiger partial charge < -0.3 is 4.74 Å². The van der Waals surface area contributed by atoms with E-state index in [0.29, 0.717) is 6.61 Å². The van der Waals surface area contributed by atoms with Crippen molar-refractivity contribution in [3.8, 4) is 11.1 Å². The fourth-order valence-electron chi connectivity index (χ4n) is 4.54. The molecule has 1 aliphatic carbocycles. The minimum Gasteiger partial charge on any atom is -0.447 e. The van der Waals surface area contributed by atoms with Crippen molar-refractivity contribution < 1.29 is 9.53 Å². The molecule has 2 atom stereocenters. The van der Waals surface area contributed by atoms with Crippen LogP contribution in [0.5, 0.6) is 0 Å². The second-order valence-electron chi connectivity index (χ2n) is 7.89. The smallest absolute Gasteiger partial charge is 0.411 e. The lowest BCUT2D eigenvalue weighted by Crippen LogP contribution is -2.42. The van der Waals surface area contributed by atoms with Gasteiger partial charge in [0.1, 0.15) is 6.61 Å². The van der Waals surface area contributed by atoms with E-state index in [1.54, 1.807) is 0 Å². The van der Waals surface area contributed by atoms with Gasteiger partial charge in [-0.3, -0.25) is 4.90 Å². The van der Waals surface area contributed by atoms with E-state index in [-0.39, 0.29) is 17.7 Å². The average Bonchev–Trinajstić information content (AvgIpc) is 3.23. The molecule has 0 N–H and O–H groups in total. The van der Waals surface area contributed by atoms with Crippen LogP contribution >= 0.6 is 0 Å². The van der Waals surface area contributed by atoms with Crippen LogP contribution in [0.15, 0.2) is 97.1 Å². The number of nitrogens with zero attached hydrogens (tertiary/aromatic N) is 1. The van der Waals surface area contributed by atoms with Crippen LogP contribution in [0, 0.1) is 0 Å². The second kappa shape index (κ2) is 6.93. The Bertz CT molecular complexity index is 1060. The van der Waals surface area contributed by atoms with Crippen LogP contribution in [0.4, 0.5) is 4.79 Å². The molecule has 144 valence electrons. The zero-order valence-corrected chi connectivity index (χ0v) is 16.3. The number of carbonyl (C=O) groups is 1. The first-order valence-electron chi connectivity index (χ1n) is 10.0. The minimum atomic E-state index is -0.376. The van der Waals surface area contributed by atoms with Gasteiger partial charge in [-0.15, -0.1) is 0 Å². The van der Waals surface area contributed by atoms with E-state index in [1.807, 2.05) is 29.2 Å². The minimum absolute atomic E-state index is 0.0770. The maximum atomic E-state index is 12.8. The highest BCUT2D eigenvalue weighted by atomic mass is 16.6. The lowest BCUT2D eigenvalue weighted by molar-refractivity contribution is 0.141. The van der Waals surface area contributed by atoms with Gasteiger partial charge in [0, 0.05) is 6.42 Å². The quantitative estimate of drug-likeness (QED) is 0.524. The normalized spacial score (nSPS) is 23.2. The standard InChI is InChI=1S/C26H23NO2/c1-19-16-26(19,27-24(18-29-25(27)28)21-12-6-3-7-13-21)17-22-14-8-9-15-23(22)20-10-4-2-5-11-20/h2-15,24H,1,16-18H2/t24-,26+/m1/s1. The molecule has 5 rings (SSSR count). The second-order valence-corrected chi connectivity index (χ2v) is 7.89. The SMILES string of the molecule is C=C1C[C@@]1(Cc1ccccc1-c1ccccc1)N1C(=O)OC[C@@H]1c1ccccc1. The largest absolute Gasteiger partial charge is 0.447 e. The molecule has 1 saturated heterocycles. The van der Waals surface area contributed by atoms with Crippen LogP contribution in [-0.2, 0) is 11.2 Å². The van der Waals surface area contributed by atoms with Crippen molar-refractivity contribution in [2.24, 2.45) is 0 Å². The molecule has 1 aliphatic heterocycles. The molecule has 3 heteroatoms.